The Morgan fingerprint density at radius 1 is 1.39 bits per heavy atom. The van der Waals surface area contributed by atoms with E-state index in [1.165, 1.54) is 0 Å². The van der Waals surface area contributed by atoms with Gasteiger partial charge in [-0.25, -0.2) is 17.2 Å². The Morgan fingerprint density at radius 3 is 2.67 bits per heavy atom. The highest BCUT2D eigenvalue weighted by atomic mass is 32.2. The van der Waals surface area contributed by atoms with E-state index in [-0.39, 0.29) is 23.0 Å². The first-order valence-electron chi connectivity index (χ1n) is 5.75. The molecule has 2 atom stereocenters. The summed E-state index contributed by atoms with van der Waals surface area (Å²) in [6, 6.07) is 2.77. The van der Waals surface area contributed by atoms with E-state index in [4.69, 9.17) is 0 Å². The molecule has 1 aromatic carbocycles. The average molecular weight is 275 g/mol. The van der Waals surface area contributed by atoms with Gasteiger partial charge in [-0.15, -0.1) is 0 Å². The molecule has 3 nitrogen and oxygen atoms in total. The minimum Gasteiger partial charge on any atom is -0.313 e. The van der Waals surface area contributed by atoms with Crippen molar-refractivity contribution >= 4 is 9.84 Å². The van der Waals surface area contributed by atoms with E-state index in [1.807, 2.05) is 0 Å². The second kappa shape index (κ2) is 4.93. The van der Waals surface area contributed by atoms with Crippen molar-refractivity contribution in [3.8, 4) is 0 Å². The molecule has 1 fully saturated rings. The molecule has 0 bridgehead atoms. The lowest BCUT2D eigenvalue weighted by Crippen LogP contribution is -2.27. The highest BCUT2D eigenvalue weighted by Crippen LogP contribution is 2.32. The highest BCUT2D eigenvalue weighted by molar-refractivity contribution is 7.91. The summed E-state index contributed by atoms with van der Waals surface area (Å²) in [5.41, 5.74) is 0.194. The summed E-state index contributed by atoms with van der Waals surface area (Å²) >= 11 is 0. The van der Waals surface area contributed by atoms with E-state index >= 15 is 0 Å². The van der Waals surface area contributed by atoms with Crippen molar-refractivity contribution in [2.75, 3.05) is 18.6 Å². The number of halogens is 2. The van der Waals surface area contributed by atoms with Gasteiger partial charge in [-0.2, -0.15) is 0 Å². The van der Waals surface area contributed by atoms with Crippen LogP contribution in [0.2, 0.25) is 0 Å². The fourth-order valence-electron chi connectivity index (χ4n) is 2.48. The minimum atomic E-state index is -3.04. The molecule has 6 heteroatoms. The van der Waals surface area contributed by atoms with Crippen LogP contribution in [0.5, 0.6) is 0 Å². The third-order valence-corrected chi connectivity index (χ3v) is 5.14. The zero-order valence-electron chi connectivity index (χ0n) is 9.99. The van der Waals surface area contributed by atoms with Gasteiger partial charge in [0.1, 0.15) is 11.6 Å². The van der Waals surface area contributed by atoms with Crippen LogP contribution in [-0.2, 0) is 9.84 Å². The molecule has 100 valence electrons. The van der Waals surface area contributed by atoms with Crippen molar-refractivity contribution < 1.29 is 17.2 Å². The lowest BCUT2D eigenvalue weighted by Gasteiger charge is -2.23. The molecule has 2 unspecified atom stereocenters. The molecule has 1 aromatic rings. The van der Waals surface area contributed by atoms with E-state index in [9.17, 15) is 17.2 Å². The maximum Gasteiger partial charge on any atom is 0.150 e. The van der Waals surface area contributed by atoms with Gasteiger partial charge >= 0.3 is 0 Å². The van der Waals surface area contributed by atoms with E-state index in [1.54, 1.807) is 7.05 Å². The zero-order valence-corrected chi connectivity index (χ0v) is 10.8. The number of nitrogens with one attached hydrogen (secondary N) is 1. The van der Waals surface area contributed by atoms with Crippen molar-refractivity contribution in [3.05, 3.63) is 35.4 Å². The summed E-state index contributed by atoms with van der Waals surface area (Å²) < 4.78 is 49.8. The lowest BCUT2D eigenvalue weighted by atomic mass is 9.92. The van der Waals surface area contributed by atoms with E-state index < -0.39 is 27.5 Å². The molecule has 0 spiro atoms. The van der Waals surface area contributed by atoms with Crippen molar-refractivity contribution in [1.82, 2.24) is 5.32 Å². The second-order valence-electron chi connectivity index (χ2n) is 4.60. The van der Waals surface area contributed by atoms with Crippen LogP contribution in [-0.4, -0.2) is 27.0 Å². The number of hydrogen-bond acceptors (Lipinski definition) is 3. The number of benzene rings is 1. The lowest BCUT2D eigenvalue weighted by molar-refractivity contribution is 0.401. The molecule has 0 aromatic heterocycles. The van der Waals surface area contributed by atoms with Crippen LogP contribution in [0.4, 0.5) is 8.78 Å². The Bertz CT molecular complexity index is 545. The van der Waals surface area contributed by atoms with Gasteiger partial charge in [0, 0.05) is 11.6 Å². The van der Waals surface area contributed by atoms with Gasteiger partial charge in [0.2, 0.25) is 0 Å². The molecule has 18 heavy (non-hydrogen) atoms. The Balaban J connectivity index is 2.31. The molecule has 0 amide bonds. The average Bonchev–Trinajstić information content (AvgIpc) is 2.65. The molecule has 1 N–H and O–H groups in total. The van der Waals surface area contributed by atoms with E-state index in [0.717, 1.165) is 18.2 Å². The largest absolute Gasteiger partial charge is 0.313 e. The summed E-state index contributed by atoms with van der Waals surface area (Å²) in [7, 11) is -1.41. The first-order valence-corrected chi connectivity index (χ1v) is 7.58. The summed E-state index contributed by atoms with van der Waals surface area (Å²) in [6.07, 6.45) is 0.476. The minimum absolute atomic E-state index is 0.0223. The summed E-state index contributed by atoms with van der Waals surface area (Å²) in [5.74, 6) is -1.11. The zero-order chi connectivity index (χ0) is 13.3. The molecule has 0 aliphatic carbocycles. The Labute approximate surface area is 105 Å². The number of sulfone groups is 1. The maximum absolute atomic E-state index is 13.7. The predicted octanol–water partition coefficient (Wildman–Crippen LogP) is 1.66. The first-order chi connectivity index (χ1) is 8.43. The summed E-state index contributed by atoms with van der Waals surface area (Å²) in [4.78, 5) is 0. The van der Waals surface area contributed by atoms with E-state index in [2.05, 4.69) is 5.32 Å². The maximum atomic E-state index is 13.7. The Kier molecular flexibility index (Phi) is 3.68. The van der Waals surface area contributed by atoms with Crippen LogP contribution in [0.25, 0.3) is 0 Å². The van der Waals surface area contributed by atoms with Crippen LogP contribution in [0.1, 0.15) is 18.0 Å². The van der Waals surface area contributed by atoms with E-state index in [0.29, 0.717) is 6.42 Å². The summed E-state index contributed by atoms with van der Waals surface area (Å²) in [6.45, 7) is 0. The molecular weight excluding hydrogens is 260 g/mol. The molecule has 0 saturated carbocycles. The number of hydrogen-bond donors (Lipinski definition) is 1. The fraction of sp³-hybridized carbons (Fsp3) is 0.500. The normalized spacial score (nSPS) is 24.1. The van der Waals surface area contributed by atoms with Gasteiger partial charge in [-0.05, 0) is 37.6 Å². The van der Waals surface area contributed by atoms with Crippen LogP contribution in [0.15, 0.2) is 18.2 Å². The topological polar surface area (TPSA) is 46.2 Å². The third kappa shape index (κ3) is 2.70. The predicted molar refractivity (Wildman–Crippen MR) is 64.9 cm³/mol. The Morgan fingerprint density at radius 2 is 2.11 bits per heavy atom. The van der Waals surface area contributed by atoms with Crippen LogP contribution in [0, 0.1) is 17.6 Å². The number of rotatable bonds is 3. The molecule has 1 aliphatic heterocycles. The van der Waals surface area contributed by atoms with Gasteiger partial charge in [-0.3, -0.25) is 0 Å². The molecule has 0 radical (unpaired) electrons. The van der Waals surface area contributed by atoms with Gasteiger partial charge in [0.05, 0.1) is 11.5 Å². The fourth-order valence-corrected chi connectivity index (χ4v) is 4.32. The smallest absolute Gasteiger partial charge is 0.150 e. The monoisotopic (exact) mass is 275 g/mol. The summed E-state index contributed by atoms with van der Waals surface area (Å²) in [5, 5.41) is 2.90. The first kappa shape index (κ1) is 13.4. The van der Waals surface area contributed by atoms with Gasteiger partial charge in [-0.1, -0.05) is 0 Å². The third-order valence-electron chi connectivity index (χ3n) is 3.34. The van der Waals surface area contributed by atoms with Crippen LogP contribution in [0.3, 0.4) is 0 Å². The van der Waals surface area contributed by atoms with Crippen molar-refractivity contribution in [2.45, 2.75) is 12.5 Å². The SMILES string of the molecule is CNC(c1cc(F)ccc1F)C1CCS(=O)(=O)C1. The van der Waals surface area contributed by atoms with Crippen molar-refractivity contribution in [3.63, 3.8) is 0 Å². The highest BCUT2D eigenvalue weighted by Gasteiger charge is 2.34. The van der Waals surface area contributed by atoms with Gasteiger partial charge < -0.3 is 5.32 Å². The molecule has 1 heterocycles. The van der Waals surface area contributed by atoms with Crippen LogP contribution < -0.4 is 5.32 Å². The Hall–Kier alpha value is -1.01. The van der Waals surface area contributed by atoms with Crippen molar-refractivity contribution in [1.29, 1.82) is 0 Å². The van der Waals surface area contributed by atoms with Crippen molar-refractivity contribution in [2.24, 2.45) is 5.92 Å². The molecule has 2 rings (SSSR count). The molecule has 1 aliphatic rings. The molecular formula is C12H15F2NO2S. The van der Waals surface area contributed by atoms with Gasteiger partial charge in [0.15, 0.2) is 9.84 Å². The second-order valence-corrected chi connectivity index (χ2v) is 6.82. The van der Waals surface area contributed by atoms with Gasteiger partial charge in [0.25, 0.3) is 0 Å². The molecule has 1 saturated heterocycles. The quantitative estimate of drug-likeness (QED) is 0.912. The van der Waals surface area contributed by atoms with Crippen LogP contribution >= 0.6 is 0 Å². The standard InChI is InChI=1S/C12H15F2NO2S/c1-15-12(8-4-5-18(16,17)7-8)10-6-9(13)2-3-11(10)14/h2-3,6,8,12,15H,4-5,7H2,1H3.